The summed E-state index contributed by atoms with van der Waals surface area (Å²) in [6.45, 7) is 4.16. The Labute approximate surface area is 135 Å². The van der Waals surface area contributed by atoms with Crippen LogP contribution >= 0.6 is 11.6 Å². The van der Waals surface area contributed by atoms with Gasteiger partial charge in [0.1, 0.15) is 0 Å². The Kier molecular flexibility index (Phi) is 4.34. The highest BCUT2D eigenvalue weighted by molar-refractivity contribution is 6.31. The molecule has 1 heterocycles. The zero-order valence-corrected chi connectivity index (χ0v) is 13.4. The largest absolute Gasteiger partial charge is 0.372 e. The van der Waals surface area contributed by atoms with E-state index in [4.69, 9.17) is 11.6 Å². The molecule has 22 heavy (non-hydrogen) atoms. The third-order valence-corrected chi connectivity index (χ3v) is 4.44. The molecular weight excluding hydrogens is 296 g/mol. The van der Waals surface area contributed by atoms with E-state index in [-0.39, 0.29) is 5.91 Å². The van der Waals surface area contributed by atoms with Gasteiger partial charge >= 0.3 is 0 Å². The SMILES string of the molecule is Cc1ccc(C(=O)Nc2ccc(N3CCCC3)cc2)cc1Cl. The molecule has 0 unspecified atom stereocenters. The quantitative estimate of drug-likeness (QED) is 0.904. The molecule has 1 amide bonds. The van der Waals surface area contributed by atoms with Crippen molar-refractivity contribution in [2.45, 2.75) is 19.8 Å². The van der Waals surface area contributed by atoms with Crippen LogP contribution in [0, 0.1) is 6.92 Å². The summed E-state index contributed by atoms with van der Waals surface area (Å²) < 4.78 is 0. The van der Waals surface area contributed by atoms with Gasteiger partial charge in [0.2, 0.25) is 0 Å². The lowest BCUT2D eigenvalue weighted by Crippen LogP contribution is -2.17. The Balaban J connectivity index is 1.69. The molecule has 114 valence electrons. The second-order valence-corrected chi connectivity index (χ2v) is 6.07. The van der Waals surface area contributed by atoms with Gasteiger partial charge in [0.15, 0.2) is 0 Å². The van der Waals surface area contributed by atoms with Gasteiger partial charge in [-0.15, -0.1) is 0 Å². The molecule has 0 aliphatic carbocycles. The van der Waals surface area contributed by atoms with Gasteiger partial charge in [-0.1, -0.05) is 17.7 Å². The highest BCUT2D eigenvalue weighted by atomic mass is 35.5. The molecule has 3 nitrogen and oxygen atoms in total. The fraction of sp³-hybridized carbons (Fsp3) is 0.278. The van der Waals surface area contributed by atoms with Crippen molar-refractivity contribution in [2.24, 2.45) is 0 Å². The van der Waals surface area contributed by atoms with E-state index in [0.29, 0.717) is 10.6 Å². The van der Waals surface area contributed by atoms with Crippen molar-refractivity contribution >= 4 is 28.9 Å². The van der Waals surface area contributed by atoms with Crippen LogP contribution in [0.2, 0.25) is 5.02 Å². The molecule has 1 saturated heterocycles. The number of nitrogens with one attached hydrogen (secondary N) is 1. The summed E-state index contributed by atoms with van der Waals surface area (Å²) in [5.41, 5.74) is 3.55. The first-order valence-electron chi connectivity index (χ1n) is 7.56. The molecule has 1 N–H and O–H groups in total. The number of aryl methyl sites for hydroxylation is 1. The zero-order valence-electron chi connectivity index (χ0n) is 12.6. The van der Waals surface area contributed by atoms with Crippen LogP contribution in [-0.2, 0) is 0 Å². The fourth-order valence-electron chi connectivity index (χ4n) is 2.67. The average Bonchev–Trinajstić information content (AvgIpc) is 3.05. The van der Waals surface area contributed by atoms with Gasteiger partial charge in [-0.25, -0.2) is 0 Å². The van der Waals surface area contributed by atoms with Crippen molar-refractivity contribution < 1.29 is 4.79 Å². The molecular formula is C18H19ClN2O. The predicted molar refractivity (Wildman–Crippen MR) is 92.0 cm³/mol. The molecule has 0 atom stereocenters. The van der Waals surface area contributed by atoms with Gasteiger partial charge in [0.25, 0.3) is 5.91 Å². The van der Waals surface area contributed by atoms with Crippen LogP contribution in [0.5, 0.6) is 0 Å². The molecule has 3 rings (SSSR count). The average molecular weight is 315 g/mol. The van der Waals surface area contributed by atoms with Crippen molar-refractivity contribution in [1.82, 2.24) is 0 Å². The molecule has 1 aliphatic heterocycles. The van der Waals surface area contributed by atoms with Gasteiger partial charge in [0.05, 0.1) is 0 Å². The van der Waals surface area contributed by atoms with E-state index in [0.717, 1.165) is 24.3 Å². The smallest absolute Gasteiger partial charge is 0.255 e. The van der Waals surface area contributed by atoms with E-state index in [9.17, 15) is 4.79 Å². The first-order chi connectivity index (χ1) is 10.6. The normalized spacial score (nSPS) is 14.2. The second-order valence-electron chi connectivity index (χ2n) is 5.66. The number of hydrogen-bond acceptors (Lipinski definition) is 2. The summed E-state index contributed by atoms with van der Waals surface area (Å²) in [4.78, 5) is 14.6. The first-order valence-corrected chi connectivity index (χ1v) is 7.94. The Morgan fingerprint density at radius 1 is 1.09 bits per heavy atom. The summed E-state index contributed by atoms with van der Waals surface area (Å²) in [6.07, 6.45) is 2.51. The highest BCUT2D eigenvalue weighted by Gasteiger charge is 2.12. The van der Waals surface area contributed by atoms with Crippen LogP contribution < -0.4 is 10.2 Å². The van der Waals surface area contributed by atoms with Crippen LogP contribution in [0.3, 0.4) is 0 Å². The zero-order chi connectivity index (χ0) is 15.5. The number of rotatable bonds is 3. The van der Waals surface area contributed by atoms with E-state index in [1.807, 2.05) is 25.1 Å². The lowest BCUT2D eigenvalue weighted by Gasteiger charge is -2.17. The molecule has 0 aromatic heterocycles. The minimum atomic E-state index is -0.143. The van der Waals surface area contributed by atoms with Crippen molar-refractivity contribution in [1.29, 1.82) is 0 Å². The summed E-state index contributed by atoms with van der Waals surface area (Å²) >= 11 is 6.07. The molecule has 2 aromatic carbocycles. The molecule has 0 radical (unpaired) electrons. The van der Waals surface area contributed by atoms with Gasteiger partial charge in [-0.3, -0.25) is 4.79 Å². The third-order valence-electron chi connectivity index (χ3n) is 4.03. The van der Waals surface area contributed by atoms with Crippen molar-refractivity contribution in [3.05, 3.63) is 58.6 Å². The first kappa shape index (κ1) is 14.9. The number of nitrogens with zero attached hydrogens (tertiary/aromatic N) is 1. The summed E-state index contributed by atoms with van der Waals surface area (Å²) in [7, 11) is 0. The highest BCUT2D eigenvalue weighted by Crippen LogP contribution is 2.23. The van der Waals surface area contributed by atoms with E-state index in [2.05, 4.69) is 22.3 Å². The van der Waals surface area contributed by atoms with Gasteiger partial charge < -0.3 is 10.2 Å². The van der Waals surface area contributed by atoms with E-state index >= 15 is 0 Å². The predicted octanol–water partition coefficient (Wildman–Crippen LogP) is 4.50. The van der Waals surface area contributed by atoms with Crippen LogP contribution in [0.25, 0.3) is 0 Å². The fourth-order valence-corrected chi connectivity index (χ4v) is 2.85. The Morgan fingerprint density at radius 2 is 1.77 bits per heavy atom. The lowest BCUT2D eigenvalue weighted by molar-refractivity contribution is 0.102. The number of carbonyl (C=O) groups is 1. The lowest BCUT2D eigenvalue weighted by atomic mass is 10.1. The maximum atomic E-state index is 12.2. The van der Waals surface area contributed by atoms with Gasteiger partial charge in [-0.05, 0) is 61.7 Å². The molecule has 2 aromatic rings. The summed E-state index contributed by atoms with van der Waals surface area (Å²) in [6, 6.07) is 13.3. The van der Waals surface area contributed by atoms with Crippen molar-refractivity contribution in [3.8, 4) is 0 Å². The van der Waals surface area contributed by atoms with Crippen LogP contribution in [0.15, 0.2) is 42.5 Å². The van der Waals surface area contributed by atoms with E-state index in [1.165, 1.54) is 18.5 Å². The molecule has 1 fully saturated rings. The molecule has 0 bridgehead atoms. The van der Waals surface area contributed by atoms with Gasteiger partial charge in [0, 0.05) is 35.1 Å². The summed E-state index contributed by atoms with van der Waals surface area (Å²) in [5, 5.41) is 3.51. The maximum absolute atomic E-state index is 12.2. The molecule has 1 aliphatic rings. The number of amides is 1. The van der Waals surface area contributed by atoms with Crippen molar-refractivity contribution in [2.75, 3.05) is 23.3 Å². The van der Waals surface area contributed by atoms with Crippen LogP contribution in [0.1, 0.15) is 28.8 Å². The second kappa shape index (κ2) is 6.41. The number of halogens is 1. The van der Waals surface area contributed by atoms with Crippen molar-refractivity contribution in [3.63, 3.8) is 0 Å². The monoisotopic (exact) mass is 314 g/mol. The van der Waals surface area contributed by atoms with E-state index < -0.39 is 0 Å². The maximum Gasteiger partial charge on any atom is 0.255 e. The number of carbonyl (C=O) groups excluding carboxylic acids is 1. The summed E-state index contributed by atoms with van der Waals surface area (Å²) in [5.74, 6) is -0.143. The standard InChI is InChI=1S/C18H19ClN2O/c1-13-4-5-14(12-17(13)19)18(22)20-15-6-8-16(9-7-15)21-10-2-3-11-21/h4-9,12H,2-3,10-11H2,1H3,(H,20,22). The number of benzene rings is 2. The molecule has 4 heteroatoms. The number of hydrogen-bond donors (Lipinski definition) is 1. The molecule has 0 spiro atoms. The topological polar surface area (TPSA) is 32.3 Å². The third kappa shape index (κ3) is 3.25. The van der Waals surface area contributed by atoms with E-state index in [1.54, 1.807) is 12.1 Å². The van der Waals surface area contributed by atoms with Crippen LogP contribution in [-0.4, -0.2) is 19.0 Å². The minimum Gasteiger partial charge on any atom is -0.372 e. The number of anilines is 2. The van der Waals surface area contributed by atoms with Gasteiger partial charge in [-0.2, -0.15) is 0 Å². The Hall–Kier alpha value is -2.00. The Bertz CT molecular complexity index is 676. The van der Waals surface area contributed by atoms with Crippen LogP contribution in [0.4, 0.5) is 11.4 Å². The minimum absolute atomic E-state index is 0.143. The Morgan fingerprint density at radius 3 is 2.41 bits per heavy atom. The molecule has 0 saturated carbocycles.